The quantitative estimate of drug-likeness (QED) is 0.104. The minimum atomic E-state index is -0.466. The number of carbonyl (C=O) groups excluding carboxylic acids is 2. The van der Waals surface area contributed by atoms with E-state index in [0.29, 0.717) is 41.2 Å². The predicted molar refractivity (Wildman–Crippen MR) is 179 cm³/mol. The second-order valence-corrected chi connectivity index (χ2v) is 13.0. The summed E-state index contributed by atoms with van der Waals surface area (Å²) in [6.07, 6.45) is 3.31. The molecule has 240 valence electrons. The topological polar surface area (TPSA) is 103 Å². The van der Waals surface area contributed by atoms with Crippen molar-refractivity contribution in [3.05, 3.63) is 99.0 Å². The molecule has 3 amide bonds. The van der Waals surface area contributed by atoms with E-state index < -0.39 is 18.0 Å². The lowest BCUT2D eigenvalue weighted by molar-refractivity contribution is -0.129. The molecule has 0 aliphatic carbocycles. The van der Waals surface area contributed by atoms with Gasteiger partial charge in [0.15, 0.2) is 0 Å². The van der Waals surface area contributed by atoms with Crippen molar-refractivity contribution in [1.82, 2.24) is 15.7 Å². The summed E-state index contributed by atoms with van der Waals surface area (Å²) in [5, 5.41) is 13.0. The van der Waals surface area contributed by atoms with E-state index in [1.807, 2.05) is 67.6 Å². The molecular formula is C35H42Cl2N4O4. The Balaban J connectivity index is 1.72. The lowest BCUT2D eigenvalue weighted by Crippen LogP contribution is -2.44. The van der Waals surface area contributed by atoms with Crippen LogP contribution >= 0.6 is 23.2 Å². The molecule has 0 saturated heterocycles. The van der Waals surface area contributed by atoms with E-state index in [1.54, 1.807) is 10.4 Å². The zero-order chi connectivity index (χ0) is 32.6. The van der Waals surface area contributed by atoms with Crippen LogP contribution in [-0.2, 0) is 10.2 Å². The highest BCUT2D eigenvalue weighted by atomic mass is 35.5. The second kappa shape index (κ2) is 15.6. The van der Waals surface area contributed by atoms with Crippen molar-refractivity contribution in [3.8, 4) is 5.75 Å². The molecule has 4 rings (SSSR count). The standard InChI is InChI=1S/C35H42Cl2N4O4/c1-5-45-29-22-25(35(2,3)4)15-20-28(29)33-39-31(23-11-16-26(36)17-12-23)32(24-13-18-27(37)19-14-24)41(33)34(43)38-21-9-7-6-8-10-30(42)40-44/h11-20,22,31-32,44H,5-10,21H2,1-4H3,(H,38,43)(H,40,42). The fourth-order valence-electron chi connectivity index (χ4n) is 5.42. The molecule has 1 aliphatic heterocycles. The van der Waals surface area contributed by atoms with Crippen molar-refractivity contribution in [2.24, 2.45) is 4.99 Å². The monoisotopic (exact) mass is 652 g/mol. The second-order valence-electron chi connectivity index (χ2n) is 12.1. The lowest BCUT2D eigenvalue weighted by atomic mass is 9.86. The molecule has 0 bridgehead atoms. The van der Waals surface area contributed by atoms with Crippen LogP contribution in [0.5, 0.6) is 5.75 Å². The number of nitrogens with one attached hydrogen (secondary N) is 2. The SMILES string of the molecule is CCOc1cc(C(C)(C)C)ccc1C1=NC(c2ccc(Cl)cc2)C(c2ccc(Cl)cc2)N1C(=O)NCCCCCCC(=O)NO. The molecule has 0 saturated carbocycles. The van der Waals surface area contributed by atoms with Crippen LogP contribution in [0.25, 0.3) is 0 Å². The van der Waals surface area contributed by atoms with Gasteiger partial charge in [-0.05, 0) is 78.3 Å². The van der Waals surface area contributed by atoms with E-state index in [9.17, 15) is 9.59 Å². The molecule has 3 N–H and O–H groups in total. The van der Waals surface area contributed by atoms with E-state index in [4.69, 9.17) is 38.1 Å². The zero-order valence-corrected chi connectivity index (χ0v) is 27.8. The van der Waals surface area contributed by atoms with Gasteiger partial charge in [-0.3, -0.25) is 19.9 Å². The number of amides is 3. The van der Waals surface area contributed by atoms with Gasteiger partial charge in [0, 0.05) is 23.0 Å². The first kappa shape index (κ1) is 34.3. The van der Waals surface area contributed by atoms with Crippen molar-refractivity contribution < 1.29 is 19.5 Å². The Bertz CT molecular complexity index is 1490. The van der Waals surface area contributed by atoms with Crippen molar-refractivity contribution in [2.45, 2.75) is 77.3 Å². The van der Waals surface area contributed by atoms with E-state index in [1.165, 1.54) is 0 Å². The number of amidine groups is 1. The first-order valence-corrected chi connectivity index (χ1v) is 16.2. The molecule has 0 fully saturated rings. The van der Waals surface area contributed by atoms with Crippen molar-refractivity contribution in [1.29, 1.82) is 0 Å². The number of halogens is 2. The molecule has 0 spiro atoms. The molecule has 2 unspecified atom stereocenters. The van der Waals surface area contributed by atoms with Crippen LogP contribution in [0.2, 0.25) is 10.0 Å². The van der Waals surface area contributed by atoms with Crippen molar-refractivity contribution >= 4 is 41.0 Å². The first-order chi connectivity index (χ1) is 21.5. The maximum atomic E-state index is 14.2. The fraction of sp³-hybridized carbons (Fsp3) is 0.400. The van der Waals surface area contributed by atoms with Crippen molar-refractivity contribution in [3.63, 3.8) is 0 Å². The summed E-state index contributed by atoms with van der Waals surface area (Å²) in [6, 6.07) is 20.0. The molecule has 10 heteroatoms. The third-order valence-electron chi connectivity index (χ3n) is 7.83. The first-order valence-electron chi connectivity index (χ1n) is 15.4. The fourth-order valence-corrected chi connectivity index (χ4v) is 5.67. The van der Waals surface area contributed by atoms with Crippen molar-refractivity contribution in [2.75, 3.05) is 13.2 Å². The summed E-state index contributed by atoms with van der Waals surface area (Å²) in [4.78, 5) is 32.4. The molecule has 2 atom stereocenters. The van der Waals surface area contributed by atoms with Gasteiger partial charge >= 0.3 is 6.03 Å². The number of hydrogen-bond acceptors (Lipinski definition) is 5. The summed E-state index contributed by atoms with van der Waals surface area (Å²) in [5.41, 5.74) is 5.21. The molecule has 1 aliphatic rings. The van der Waals surface area contributed by atoms with Crippen LogP contribution in [0.15, 0.2) is 71.7 Å². The van der Waals surface area contributed by atoms with Gasteiger partial charge in [0.1, 0.15) is 17.6 Å². The summed E-state index contributed by atoms with van der Waals surface area (Å²) in [5.74, 6) is 0.793. The molecular weight excluding hydrogens is 611 g/mol. The maximum absolute atomic E-state index is 14.2. The van der Waals surface area contributed by atoms with E-state index in [2.05, 4.69) is 32.2 Å². The third-order valence-corrected chi connectivity index (χ3v) is 8.33. The Kier molecular flexibility index (Phi) is 11.9. The third kappa shape index (κ3) is 8.78. The van der Waals surface area contributed by atoms with Gasteiger partial charge in [0.2, 0.25) is 5.91 Å². The normalized spacial score (nSPS) is 16.3. The highest BCUT2D eigenvalue weighted by molar-refractivity contribution is 6.30. The molecule has 1 heterocycles. The van der Waals surface area contributed by atoms with Gasteiger partial charge in [-0.2, -0.15) is 0 Å². The number of aliphatic imine (C=N–C) groups is 1. The van der Waals surface area contributed by atoms with Gasteiger partial charge in [0.25, 0.3) is 0 Å². The Hall–Kier alpha value is -3.59. The summed E-state index contributed by atoms with van der Waals surface area (Å²) >= 11 is 12.5. The highest BCUT2D eigenvalue weighted by Crippen LogP contribution is 2.45. The Morgan fingerprint density at radius 2 is 1.53 bits per heavy atom. The molecule has 0 aromatic heterocycles. The van der Waals surface area contributed by atoms with Crippen LogP contribution in [0.1, 0.15) is 94.1 Å². The average molecular weight is 654 g/mol. The maximum Gasteiger partial charge on any atom is 0.323 e. The molecule has 0 radical (unpaired) electrons. The summed E-state index contributed by atoms with van der Waals surface area (Å²) in [7, 11) is 0. The minimum Gasteiger partial charge on any atom is -0.493 e. The van der Waals surface area contributed by atoms with E-state index >= 15 is 0 Å². The number of unbranched alkanes of at least 4 members (excludes halogenated alkanes) is 3. The van der Waals surface area contributed by atoms with Gasteiger partial charge in [-0.25, -0.2) is 10.3 Å². The van der Waals surface area contributed by atoms with Gasteiger partial charge in [-0.1, -0.05) is 87.1 Å². The number of hydroxylamine groups is 1. The Morgan fingerprint density at radius 3 is 2.13 bits per heavy atom. The number of benzene rings is 3. The van der Waals surface area contributed by atoms with Crippen LogP contribution in [-0.4, -0.2) is 41.0 Å². The molecule has 8 nitrogen and oxygen atoms in total. The summed E-state index contributed by atoms with van der Waals surface area (Å²) < 4.78 is 6.17. The zero-order valence-electron chi connectivity index (χ0n) is 26.3. The number of nitrogens with zero attached hydrogens (tertiary/aromatic N) is 2. The number of carbonyl (C=O) groups is 2. The number of urea groups is 1. The lowest BCUT2D eigenvalue weighted by Gasteiger charge is -2.30. The van der Waals surface area contributed by atoms with E-state index in [0.717, 1.165) is 41.5 Å². The number of rotatable bonds is 12. The van der Waals surface area contributed by atoms with Crippen LogP contribution in [0, 0.1) is 0 Å². The van der Waals surface area contributed by atoms with Gasteiger partial charge < -0.3 is 10.1 Å². The predicted octanol–water partition coefficient (Wildman–Crippen LogP) is 8.40. The molecule has 45 heavy (non-hydrogen) atoms. The summed E-state index contributed by atoms with van der Waals surface area (Å²) in [6.45, 7) is 9.31. The van der Waals surface area contributed by atoms with Gasteiger partial charge in [-0.15, -0.1) is 0 Å². The number of ether oxygens (including phenoxy) is 1. The largest absolute Gasteiger partial charge is 0.493 e. The van der Waals surface area contributed by atoms with Crippen LogP contribution < -0.4 is 15.5 Å². The minimum absolute atomic E-state index is 0.0987. The van der Waals surface area contributed by atoms with Crippen LogP contribution in [0.3, 0.4) is 0 Å². The number of hydrogen-bond donors (Lipinski definition) is 3. The Labute approximate surface area is 275 Å². The average Bonchev–Trinajstić information content (AvgIpc) is 3.41. The Morgan fingerprint density at radius 1 is 0.911 bits per heavy atom. The molecule has 3 aromatic carbocycles. The van der Waals surface area contributed by atoms with Gasteiger partial charge in [0.05, 0.1) is 18.2 Å². The smallest absolute Gasteiger partial charge is 0.323 e. The van der Waals surface area contributed by atoms with Crippen LogP contribution in [0.4, 0.5) is 4.79 Å². The molecule has 3 aromatic rings. The highest BCUT2D eigenvalue weighted by Gasteiger charge is 2.43. The van der Waals surface area contributed by atoms with E-state index in [-0.39, 0.29) is 17.9 Å².